The summed E-state index contributed by atoms with van der Waals surface area (Å²) in [4.78, 5) is 6.63. The summed E-state index contributed by atoms with van der Waals surface area (Å²) in [7, 11) is 4.10. The van der Waals surface area contributed by atoms with E-state index < -0.39 is 0 Å². The predicted octanol–water partition coefficient (Wildman–Crippen LogP) is 2.37. The van der Waals surface area contributed by atoms with Crippen LogP contribution in [0.5, 0.6) is 5.75 Å². The molecule has 124 valence electrons. The minimum atomic E-state index is -0.0140. The highest BCUT2D eigenvalue weighted by atomic mass is 127. The first-order chi connectivity index (χ1) is 9.90. The number of benzene rings is 1. The molecule has 22 heavy (non-hydrogen) atoms. The monoisotopic (exact) mass is 418 g/mol. The zero-order valence-electron chi connectivity index (χ0n) is 13.8. The standard InChI is InChI=1S/C16H26N4O.HI/c1-16(2,20(3)4)11-18-15(17)19-13-9-10-21-14-8-6-5-7-12(13)14;/h5-8,13H,9-11H2,1-4H3,(H3,17,18,19);1H. The Morgan fingerprint density at radius 3 is 2.77 bits per heavy atom. The number of ether oxygens (including phenoxy) is 1. The molecule has 3 N–H and O–H groups in total. The molecular formula is C16H27IN4O. The maximum atomic E-state index is 6.05. The minimum absolute atomic E-state index is 0. The van der Waals surface area contributed by atoms with Crippen LogP contribution in [0.3, 0.4) is 0 Å². The Kier molecular flexibility index (Phi) is 6.93. The lowest BCUT2D eigenvalue weighted by molar-refractivity contribution is 0.204. The number of hydrogen-bond donors (Lipinski definition) is 2. The molecular weight excluding hydrogens is 391 g/mol. The predicted molar refractivity (Wildman–Crippen MR) is 102 cm³/mol. The van der Waals surface area contributed by atoms with E-state index in [1.807, 2.05) is 32.3 Å². The number of likely N-dealkylation sites (N-methyl/N-ethyl adjacent to an activating group) is 1. The lowest BCUT2D eigenvalue weighted by Gasteiger charge is -2.31. The van der Waals surface area contributed by atoms with Crippen molar-refractivity contribution in [2.24, 2.45) is 10.7 Å². The highest BCUT2D eigenvalue weighted by molar-refractivity contribution is 14.0. The van der Waals surface area contributed by atoms with E-state index in [1.165, 1.54) is 0 Å². The second kappa shape index (κ2) is 8.01. The van der Waals surface area contributed by atoms with Gasteiger partial charge in [0.15, 0.2) is 5.96 Å². The highest BCUT2D eigenvalue weighted by Gasteiger charge is 2.22. The van der Waals surface area contributed by atoms with E-state index in [4.69, 9.17) is 10.5 Å². The summed E-state index contributed by atoms with van der Waals surface area (Å²) in [5.41, 5.74) is 7.18. The van der Waals surface area contributed by atoms with Crippen LogP contribution in [0.4, 0.5) is 0 Å². The van der Waals surface area contributed by atoms with Gasteiger partial charge in [0.25, 0.3) is 0 Å². The average Bonchev–Trinajstić information content (AvgIpc) is 2.45. The third kappa shape index (κ3) is 4.74. The first-order valence-corrected chi connectivity index (χ1v) is 7.36. The molecule has 1 heterocycles. The van der Waals surface area contributed by atoms with Gasteiger partial charge in [0, 0.05) is 17.5 Å². The van der Waals surface area contributed by atoms with Gasteiger partial charge in [-0.3, -0.25) is 4.99 Å². The van der Waals surface area contributed by atoms with Crippen LogP contribution in [0.25, 0.3) is 0 Å². The number of aliphatic imine (C=N–C) groups is 1. The third-order valence-electron chi connectivity index (χ3n) is 4.13. The van der Waals surface area contributed by atoms with Gasteiger partial charge in [-0.05, 0) is 34.0 Å². The van der Waals surface area contributed by atoms with Crippen LogP contribution in [0.1, 0.15) is 31.9 Å². The molecule has 6 heteroatoms. The van der Waals surface area contributed by atoms with Crippen molar-refractivity contribution in [1.29, 1.82) is 0 Å². The zero-order valence-corrected chi connectivity index (χ0v) is 16.1. The van der Waals surface area contributed by atoms with Crippen LogP contribution in [0, 0.1) is 0 Å². The normalized spacial score (nSPS) is 18.2. The van der Waals surface area contributed by atoms with Crippen molar-refractivity contribution in [3.8, 4) is 5.75 Å². The van der Waals surface area contributed by atoms with E-state index in [1.54, 1.807) is 0 Å². The summed E-state index contributed by atoms with van der Waals surface area (Å²) in [5, 5.41) is 3.32. The van der Waals surface area contributed by atoms with Crippen LogP contribution in [0.2, 0.25) is 0 Å². The van der Waals surface area contributed by atoms with Crippen LogP contribution in [0.15, 0.2) is 29.3 Å². The molecule has 0 aromatic heterocycles. The Labute approximate surface area is 150 Å². The Bertz CT molecular complexity index is 517. The van der Waals surface area contributed by atoms with Gasteiger partial charge in [0.2, 0.25) is 0 Å². The second-order valence-corrected chi connectivity index (χ2v) is 6.28. The van der Waals surface area contributed by atoms with Crippen molar-refractivity contribution in [2.45, 2.75) is 31.8 Å². The van der Waals surface area contributed by atoms with Crippen LogP contribution >= 0.6 is 24.0 Å². The SMILES string of the molecule is CN(C)C(C)(C)CN=C(N)NC1CCOc2ccccc21.I. The molecule has 0 radical (unpaired) electrons. The highest BCUT2D eigenvalue weighted by Crippen LogP contribution is 2.31. The number of para-hydroxylation sites is 1. The fourth-order valence-electron chi connectivity index (χ4n) is 2.14. The molecule has 0 saturated carbocycles. The number of guanidine groups is 1. The Hall–Kier alpha value is -1.02. The Balaban J connectivity index is 0.00000242. The molecule has 1 unspecified atom stereocenters. The fraction of sp³-hybridized carbons (Fsp3) is 0.562. The molecule has 0 saturated heterocycles. The topological polar surface area (TPSA) is 62.9 Å². The molecule has 1 aromatic carbocycles. The van der Waals surface area contributed by atoms with Gasteiger partial charge < -0.3 is 20.7 Å². The van der Waals surface area contributed by atoms with Gasteiger partial charge in [-0.15, -0.1) is 24.0 Å². The number of halogens is 1. The number of hydrogen-bond acceptors (Lipinski definition) is 3. The Morgan fingerprint density at radius 2 is 2.09 bits per heavy atom. The largest absolute Gasteiger partial charge is 0.493 e. The fourth-order valence-corrected chi connectivity index (χ4v) is 2.14. The molecule has 5 nitrogen and oxygen atoms in total. The van der Waals surface area contributed by atoms with Crippen molar-refractivity contribution < 1.29 is 4.74 Å². The van der Waals surface area contributed by atoms with Gasteiger partial charge in [-0.25, -0.2) is 0 Å². The van der Waals surface area contributed by atoms with Crippen molar-refractivity contribution in [1.82, 2.24) is 10.2 Å². The summed E-state index contributed by atoms with van der Waals surface area (Å²) >= 11 is 0. The molecule has 1 aliphatic rings. The summed E-state index contributed by atoms with van der Waals surface area (Å²) in [5.74, 6) is 1.43. The summed E-state index contributed by atoms with van der Waals surface area (Å²) in [6.45, 7) is 5.65. The first kappa shape index (κ1) is 19.0. The van der Waals surface area contributed by atoms with Crippen molar-refractivity contribution in [2.75, 3.05) is 27.2 Å². The number of nitrogens with two attached hydrogens (primary N) is 1. The summed E-state index contributed by atoms with van der Waals surface area (Å²) < 4.78 is 5.65. The van der Waals surface area contributed by atoms with Gasteiger partial charge in [-0.1, -0.05) is 18.2 Å². The van der Waals surface area contributed by atoms with E-state index in [9.17, 15) is 0 Å². The smallest absolute Gasteiger partial charge is 0.189 e. The third-order valence-corrected chi connectivity index (χ3v) is 4.13. The molecule has 0 bridgehead atoms. The molecule has 0 amide bonds. The molecule has 1 atom stereocenters. The lowest BCUT2D eigenvalue weighted by Crippen LogP contribution is -2.43. The summed E-state index contributed by atoms with van der Waals surface area (Å²) in [6, 6.07) is 8.24. The average molecular weight is 418 g/mol. The van der Waals surface area contributed by atoms with E-state index >= 15 is 0 Å². The van der Waals surface area contributed by atoms with Crippen molar-refractivity contribution in [3.05, 3.63) is 29.8 Å². The maximum Gasteiger partial charge on any atom is 0.189 e. The van der Waals surface area contributed by atoms with Crippen LogP contribution < -0.4 is 15.8 Å². The lowest BCUT2D eigenvalue weighted by atomic mass is 10.0. The van der Waals surface area contributed by atoms with E-state index in [2.05, 4.69) is 35.1 Å². The molecule has 0 spiro atoms. The van der Waals surface area contributed by atoms with E-state index in [-0.39, 0.29) is 35.6 Å². The van der Waals surface area contributed by atoms with E-state index in [0.29, 0.717) is 19.1 Å². The van der Waals surface area contributed by atoms with Gasteiger partial charge in [-0.2, -0.15) is 0 Å². The molecule has 0 fully saturated rings. The van der Waals surface area contributed by atoms with Crippen LogP contribution in [-0.2, 0) is 0 Å². The maximum absolute atomic E-state index is 6.05. The number of nitrogens with one attached hydrogen (secondary N) is 1. The molecule has 0 aliphatic carbocycles. The summed E-state index contributed by atoms with van der Waals surface area (Å²) in [6.07, 6.45) is 0.893. The Morgan fingerprint density at radius 1 is 1.41 bits per heavy atom. The van der Waals surface area contributed by atoms with Gasteiger partial charge >= 0.3 is 0 Å². The molecule has 1 aliphatic heterocycles. The number of nitrogens with zero attached hydrogens (tertiary/aromatic N) is 2. The van der Waals surface area contributed by atoms with Crippen molar-refractivity contribution >= 4 is 29.9 Å². The van der Waals surface area contributed by atoms with Crippen LogP contribution in [-0.4, -0.2) is 43.6 Å². The van der Waals surface area contributed by atoms with Crippen molar-refractivity contribution in [3.63, 3.8) is 0 Å². The quantitative estimate of drug-likeness (QED) is 0.448. The molecule has 1 aromatic rings. The minimum Gasteiger partial charge on any atom is -0.493 e. The van der Waals surface area contributed by atoms with Gasteiger partial charge in [0.05, 0.1) is 19.2 Å². The molecule has 2 rings (SSSR count). The zero-order chi connectivity index (χ0) is 15.5. The van der Waals surface area contributed by atoms with Gasteiger partial charge in [0.1, 0.15) is 5.75 Å². The second-order valence-electron chi connectivity index (χ2n) is 6.28. The van der Waals surface area contributed by atoms with E-state index in [0.717, 1.165) is 17.7 Å². The number of rotatable bonds is 4. The first-order valence-electron chi connectivity index (χ1n) is 7.36. The number of fused-ring (bicyclic) bond motifs is 1.